The fourth-order valence-electron chi connectivity index (χ4n) is 3.44. The largest absolute Gasteiger partial charge is 0.353 e. The molecule has 0 amide bonds. The first-order valence-corrected chi connectivity index (χ1v) is 8.40. The van der Waals surface area contributed by atoms with Crippen LogP contribution >= 0.6 is 0 Å². The molecular weight excluding hydrogens is 296 g/mol. The highest BCUT2D eigenvalue weighted by Gasteiger charge is 2.40. The lowest BCUT2D eigenvalue weighted by molar-refractivity contribution is -0.169. The van der Waals surface area contributed by atoms with E-state index in [0.29, 0.717) is 19.2 Å². The van der Waals surface area contributed by atoms with Crippen LogP contribution in [0.3, 0.4) is 0 Å². The van der Waals surface area contributed by atoms with Crippen molar-refractivity contribution in [1.82, 2.24) is 20.1 Å². The highest BCUT2D eigenvalue weighted by atomic mass is 16.7. The van der Waals surface area contributed by atoms with E-state index in [2.05, 4.69) is 31.9 Å². The van der Waals surface area contributed by atoms with Gasteiger partial charge in [-0.3, -0.25) is 0 Å². The number of anilines is 2. The van der Waals surface area contributed by atoms with Gasteiger partial charge in [0.15, 0.2) is 11.6 Å². The van der Waals surface area contributed by atoms with Crippen LogP contribution in [0, 0.1) is 0 Å². The Bertz CT molecular complexity index is 533. The smallest absolute Gasteiger partial charge is 0.247 e. The maximum absolute atomic E-state index is 5.78. The number of ether oxygens (including phenoxy) is 2. The SMILES string of the molecule is CN1CCN(c2cnnc(N3CCC4(CC3)OCCO4)n2)CC1. The second kappa shape index (κ2) is 6.18. The quantitative estimate of drug-likeness (QED) is 0.752. The van der Waals surface area contributed by atoms with E-state index in [1.54, 1.807) is 6.20 Å². The molecule has 4 heterocycles. The van der Waals surface area contributed by atoms with Crippen LogP contribution in [0.2, 0.25) is 0 Å². The molecule has 1 spiro atoms. The fourth-order valence-corrected chi connectivity index (χ4v) is 3.44. The van der Waals surface area contributed by atoms with Crippen molar-refractivity contribution in [2.45, 2.75) is 18.6 Å². The molecule has 4 rings (SSSR count). The molecule has 3 saturated heterocycles. The summed E-state index contributed by atoms with van der Waals surface area (Å²) in [4.78, 5) is 11.5. The summed E-state index contributed by atoms with van der Waals surface area (Å²) in [6.07, 6.45) is 3.48. The summed E-state index contributed by atoms with van der Waals surface area (Å²) in [7, 11) is 2.15. The molecule has 23 heavy (non-hydrogen) atoms. The molecule has 3 fully saturated rings. The minimum Gasteiger partial charge on any atom is -0.353 e. The average molecular weight is 320 g/mol. The van der Waals surface area contributed by atoms with E-state index in [4.69, 9.17) is 14.5 Å². The number of rotatable bonds is 2. The van der Waals surface area contributed by atoms with Crippen molar-refractivity contribution in [2.24, 2.45) is 0 Å². The molecule has 0 bridgehead atoms. The third-order valence-corrected chi connectivity index (χ3v) is 4.98. The van der Waals surface area contributed by atoms with Crippen LogP contribution in [0.5, 0.6) is 0 Å². The molecule has 126 valence electrons. The molecule has 8 heteroatoms. The first-order valence-electron chi connectivity index (χ1n) is 8.40. The number of nitrogens with zero attached hydrogens (tertiary/aromatic N) is 6. The van der Waals surface area contributed by atoms with E-state index in [1.807, 2.05) is 0 Å². The summed E-state index contributed by atoms with van der Waals surface area (Å²) < 4.78 is 11.6. The fraction of sp³-hybridized carbons (Fsp3) is 0.800. The van der Waals surface area contributed by atoms with E-state index in [9.17, 15) is 0 Å². The van der Waals surface area contributed by atoms with E-state index in [-0.39, 0.29) is 5.79 Å². The van der Waals surface area contributed by atoms with Gasteiger partial charge in [0.2, 0.25) is 5.95 Å². The Labute approximate surface area is 136 Å². The molecule has 0 atom stereocenters. The van der Waals surface area contributed by atoms with Gasteiger partial charge in [-0.05, 0) is 7.05 Å². The maximum atomic E-state index is 5.78. The van der Waals surface area contributed by atoms with Gasteiger partial charge < -0.3 is 24.2 Å². The van der Waals surface area contributed by atoms with Crippen LogP contribution in [-0.4, -0.2) is 85.4 Å². The topological polar surface area (TPSA) is 66.9 Å². The molecule has 0 aliphatic carbocycles. The van der Waals surface area contributed by atoms with Gasteiger partial charge in [0.1, 0.15) is 0 Å². The lowest BCUT2D eigenvalue weighted by atomic mass is 10.0. The highest BCUT2D eigenvalue weighted by molar-refractivity contribution is 5.42. The van der Waals surface area contributed by atoms with Crippen LogP contribution in [0.25, 0.3) is 0 Å². The summed E-state index contributed by atoms with van der Waals surface area (Å²) >= 11 is 0. The summed E-state index contributed by atoms with van der Waals surface area (Å²) in [6, 6.07) is 0. The van der Waals surface area contributed by atoms with Crippen molar-refractivity contribution < 1.29 is 9.47 Å². The van der Waals surface area contributed by atoms with E-state index >= 15 is 0 Å². The zero-order valence-corrected chi connectivity index (χ0v) is 13.6. The monoisotopic (exact) mass is 320 g/mol. The van der Waals surface area contributed by atoms with E-state index < -0.39 is 0 Å². The van der Waals surface area contributed by atoms with Gasteiger partial charge >= 0.3 is 0 Å². The third kappa shape index (κ3) is 3.11. The van der Waals surface area contributed by atoms with Gasteiger partial charge in [0.25, 0.3) is 0 Å². The number of hydrogen-bond acceptors (Lipinski definition) is 8. The zero-order valence-electron chi connectivity index (χ0n) is 13.6. The van der Waals surface area contributed by atoms with Crippen molar-refractivity contribution in [2.75, 3.05) is 69.3 Å². The lowest BCUT2D eigenvalue weighted by Crippen LogP contribution is -2.46. The van der Waals surface area contributed by atoms with Gasteiger partial charge in [-0.15, -0.1) is 5.10 Å². The van der Waals surface area contributed by atoms with Crippen LogP contribution in [0.15, 0.2) is 6.20 Å². The number of piperazine rings is 1. The molecule has 8 nitrogen and oxygen atoms in total. The van der Waals surface area contributed by atoms with Crippen LogP contribution in [0.4, 0.5) is 11.8 Å². The molecule has 0 N–H and O–H groups in total. The normalized spacial score (nSPS) is 25.3. The van der Waals surface area contributed by atoms with Gasteiger partial charge in [-0.25, -0.2) is 0 Å². The summed E-state index contributed by atoms with van der Waals surface area (Å²) in [6.45, 7) is 7.18. The Balaban J connectivity index is 1.42. The number of aromatic nitrogens is 3. The molecule has 3 aliphatic rings. The first-order chi connectivity index (χ1) is 11.2. The molecule has 0 unspecified atom stereocenters. The number of piperidine rings is 1. The minimum atomic E-state index is -0.362. The van der Waals surface area contributed by atoms with Crippen molar-refractivity contribution in [3.8, 4) is 0 Å². The van der Waals surface area contributed by atoms with Crippen LogP contribution < -0.4 is 9.80 Å². The van der Waals surface area contributed by atoms with Crippen molar-refractivity contribution in [3.63, 3.8) is 0 Å². The molecule has 0 radical (unpaired) electrons. The maximum Gasteiger partial charge on any atom is 0.247 e. The standard InChI is InChI=1S/C15H24N6O2/c1-19-6-8-20(9-7-19)13-12-16-18-14(17-13)21-4-2-15(3-5-21)22-10-11-23-15/h12H,2-11H2,1H3. The lowest BCUT2D eigenvalue weighted by Gasteiger charge is -2.37. The highest BCUT2D eigenvalue weighted by Crippen LogP contribution is 2.32. The predicted octanol–water partition coefficient (Wildman–Crippen LogP) is -0.0333. The van der Waals surface area contributed by atoms with Gasteiger partial charge in [0.05, 0.1) is 19.4 Å². The summed E-state index contributed by atoms with van der Waals surface area (Å²) in [5, 5.41) is 8.41. The van der Waals surface area contributed by atoms with Crippen molar-refractivity contribution in [1.29, 1.82) is 0 Å². The van der Waals surface area contributed by atoms with Crippen molar-refractivity contribution in [3.05, 3.63) is 6.20 Å². The molecular formula is C15H24N6O2. The second-order valence-corrected chi connectivity index (χ2v) is 6.50. The summed E-state index contributed by atoms with van der Waals surface area (Å²) in [5.74, 6) is 1.28. The first kappa shape index (κ1) is 15.0. The van der Waals surface area contributed by atoms with Crippen LogP contribution in [-0.2, 0) is 9.47 Å². The average Bonchev–Trinajstić information content (AvgIpc) is 3.04. The predicted molar refractivity (Wildman–Crippen MR) is 85.6 cm³/mol. The Kier molecular flexibility index (Phi) is 4.04. The van der Waals surface area contributed by atoms with Gasteiger partial charge in [-0.1, -0.05) is 0 Å². The van der Waals surface area contributed by atoms with E-state index in [0.717, 1.165) is 57.9 Å². The molecule has 0 saturated carbocycles. The van der Waals surface area contributed by atoms with E-state index in [1.165, 1.54) is 0 Å². The Morgan fingerprint density at radius 3 is 2.35 bits per heavy atom. The van der Waals surface area contributed by atoms with Crippen molar-refractivity contribution >= 4 is 11.8 Å². The number of likely N-dealkylation sites (N-methyl/N-ethyl adjacent to an activating group) is 1. The third-order valence-electron chi connectivity index (χ3n) is 4.98. The molecule has 3 aliphatic heterocycles. The Morgan fingerprint density at radius 2 is 1.65 bits per heavy atom. The molecule has 1 aromatic heterocycles. The zero-order chi connectivity index (χ0) is 15.7. The summed E-state index contributed by atoms with van der Waals surface area (Å²) in [5.41, 5.74) is 0. The molecule has 1 aromatic rings. The Morgan fingerprint density at radius 1 is 0.957 bits per heavy atom. The minimum absolute atomic E-state index is 0.362. The second-order valence-electron chi connectivity index (χ2n) is 6.50. The Hall–Kier alpha value is -1.51. The van der Waals surface area contributed by atoms with Gasteiger partial charge in [-0.2, -0.15) is 10.1 Å². The van der Waals surface area contributed by atoms with Gasteiger partial charge in [0, 0.05) is 52.1 Å². The number of hydrogen-bond donors (Lipinski definition) is 0. The van der Waals surface area contributed by atoms with Crippen LogP contribution in [0.1, 0.15) is 12.8 Å². The molecule has 0 aromatic carbocycles.